The van der Waals surface area contributed by atoms with Gasteiger partial charge in [0.1, 0.15) is 5.60 Å². The van der Waals surface area contributed by atoms with Crippen molar-refractivity contribution >= 4 is 17.8 Å². The van der Waals surface area contributed by atoms with Gasteiger partial charge < -0.3 is 14.7 Å². The van der Waals surface area contributed by atoms with E-state index in [0.717, 1.165) is 0 Å². The van der Waals surface area contributed by atoms with Crippen LogP contribution in [-0.4, -0.2) is 47.5 Å². The molecule has 0 saturated heterocycles. The van der Waals surface area contributed by atoms with E-state index in [1.54, 1.807) is 34.9 Å². The molecule has 0 atom stereocenters. The Morgan fingerprint density at radius 3 is 1.90 bits per heavy atom. The van der Waals surface area contributed by atoms with Crippen molar-refractivity contribution in [2.45, 2.75) is 26.4 Å². The highest BCUT2D eigenvalue weighted by Gasteiger charge is 2.21. The van der Waals surface area contributed by atoms with Crippen LogP contribution in [0.4, 0.5) is 0 Å². The molecular weight excluding hydrogens is 274 g/mol. The Balaban J connectivity index is 3.29. The number of amides is 1. The topological polar surface area (TPSA) is 83.9 Å². The zero-order valence-electron chi connectivity index (χ0n) is 12.8. The normalized spacial score (nSPS) is 10.9. The highest BCUT2D eigenvalue weighted by molar-refractivity contribution is 6.01. The molecule has 0 aliphatic rings. The number of hydrogen-bond donors (Lipinski definition) is 1. The monoisotopic (exact) mass is 293 g/mol. The summed E-state index contributed by atoms with van der Waals surface area (Å²) >= 11 is 0. The molecule has 1 amide bonds. The Bertz CT molecular complexity index is 584. The minimum absolute atomic E-state index is 0.0371. The number of rotatable bonds is 3. The summed E-state index contributed by atoms with van der Waals surface area (Å²) in [6, 6.07) is 3.77. The first-order chi connectivity index (χ1) is 9.51. The molecule has 114 valence electrons. The van der Waals surface area contributed by atoms with Gasteiger partial charge in [0, 0.05) is 19.7 Å². The van der Waals surface area contributed by atoms with Gasteiger partial charge in [0.2, 0.25) is 0 Å². The molecule has 1 N–H and O–H groups in total. The molecule has 0 unspecified atom stereocenters. The summed E-state index contributed by atoms with van der Waals surface area (Å²) in [6.45, 7) is 5.12. The molecule has 6 nitrogen and oxygen atoms in total. The quantitative estimate of drug-likeness (QED) is 0.862. The maximum absolute atomic E-state index is 12.0. The second kappa shape index (κ2) is 5.95. The molecule has 6 heteroatoms. The van der Waals surface area contributed by atoms with Crippen LogP contribution in [0, 0.1) is 0 Å². The summed E-state index contributed by atoms with van der Waals surface area (Å²) in [7, 11) is 3.09. The van der Waals surface area contributed by atoms with E-state index in [0.29, 0.717) is 0 Å². The van der Waals surface area contributed by atoms with Crippen LogP contribution in [0.1, 0.15) is 51.8 Å². The van der Waals surface area contributed by atoms with Crippen LogP contribution in [0.3, 0.4) is 0 Å². The molecule has 0 heterocycles. The first-order valence-electron chi connectivity index (χ1n) is 6.34. The van der Waals surface area contributed by atoms with Crippen molar-refractivity contribution in [1.82, 2.24) is 4.90 Å². The number of carboxylic acid groups (broad SMARTS) is 1. The number of aromatic carboxylic acids is 1. The molecule has 0 aromatic heterocycles. The molecule has 0 spiro atoms. The van der Waals surface area contributed by atoms with E-state index < -0.39 is 17.5 Å². The fourth-order valence-corrected chi connectivity index (χ4v) is 1.59. The van der Waals surface area contributed by atoms with Gasteiger partial charge in [0.15, 0.2) is 0 Å². The van der Waals surface area contributed by atoms with Crippen molar-refractivity contribution < 1.29 is 24.2 Å². The van der Waals surface area contributed by atoms with Crippen LogP contribution in [0.15, 0.2) is 18.2 Å². The summed E-state index contributed by atoms with van der Waals surface area (Å²) in [5.74, 6) is -2.27. The SMILES string of the molecule is CN(C)C(=O)c1cc(C(=O)O)cc(C(=O)OC(C)(C)C)c1. The van der Waals surface area contributed by atoms with Gasteiger partial charge in [-0.3, -0.25) is 4.79 Å². The Morgan fingerprint density at radius 1 is 1.00 bits per heavy atom. The number of hydrogen-bond acceptors (Lipinski definition) is 4. The van der Waals surface area contributed by atoms with Crippen LogP contribution in [0.5, 0.6) is 0 Å². The number of carbonyl (C=O) groups is 3. The fraction of sp³-hybridized carbons (Fsp3) is 0.400. The average Bonchev–Trinajstić information content (AvgIpc) is 2.35. The van der Waals surface area contributed by atoms with Gasteiger partial charge in [-0.25, -0.2) is 9.59 Å². The second-order valence-electron chi connectivity index (χ2n) is 5.81. The Morgan fingerprint density at radius 2 is 1.48 bits per heavy atom. The van der Waals surface area contributed by atoms with E-state index in [9.17, 15) is 14.4 Å². The molecule has 1 aromatic carbocycles. The number of ether oxygens (including phenoxy) is 1. The minimum atomic E-state index is -1.21. The lowest BCUT2D eigenvalue weighted by Crippen LogP contribution is -2.25. The largest absolute Gasteiger partial charge is 0.478 e. The van der Waals surface area contributed by atoms with Gasteiger partial charge in [0.25, 0.3) is 5.91 Å². The minimum Gasteiger partial charge on any atom is -0.478 e. The average molecular weight is 293 g/mol. The van der Waals surface area contributed by atoms with E-state index in [4.69, 9.17) is 9.84 Å². The molecule has 21 heavy (non-hydrogen) atoms. The van der Waals surface area contributed by atoms with Gasteiger partial charge in [-0.05, 0) is 39.0 Å². The van der Waals surface area contributed by atoms with Crippen molar-refractivity contribution in [1.29, 1.82) is 0 Å². The van der Waals surface area contributed by atoms with E-state index in [-0.39, 0.29) is 22.6 Å². The van der Waals surface area contributed by atoms with E-state index >= 15 is 0 Å². The maximum Gasteiger partial charge on any atom is 0.338 e. The third-order valence-electron chi connectivity index (χ3n) is 2.47. The molecule has 0 bridgehead atoms. The number of benzene rings is 1. The third kappa shape index (κ3) is 4.59. The Kier molecular flexibility index (Phi) is 4.73. The van der Waals surface area contributed by atoms with Crippen LogP contribution in [0.2, 0.25) is 0 Å². The summed E-state index contributed by atoms with van der Waals surface area (Å²) < 4.78 is 5.20. The van der Waals surface area contributed by atoms with Crippen LogP contribution >= 0.6 is 0 Å². The Labute approximate surface area is 123 Å². The predicted molar refractivity (Wildman–Crippen MR) is 76.6 cm³/mol. The summed E-state index contributed by atoms with van der Waals surface area (Å²) in [6.07, 6.45) is 0. The number of carbonyl (C=O) groups excluding carboxylic acids is 2. The van der Waals surface area contributed by atoms with Gasteiger partial charge >= 0.3 is 11.9 Å². The summed E-state index contributed by atoms with van der Waals surface area (Å²) in [5, 5.41) is 9.09. The van der Waals surface area contributed by atoms with E-state index in [1.807, 2.05) is 0 Å². The van der Waals surface area contributed by atoms with E-state index in [1.165, 1.54) is 23.1 Å². The van der Waals surface area contributed by atoms with Crippen molar-refractivity contribution in [3.05, 3.63) is 34.9 Å². The molecule has 0 aliphatic heterocycles. The molecular formula is C15H19NO5. The van der Waals surface area contributed by atoms with Crippen LogP contribution < -0.4 is 0 Å². The zero-order chi connectivity index (χ0) is 16.4. The van der Waals surface area contributed by atoms with Gasteiger partial charge in [-0.15, -0.1) is 0 Å². The lowest BCUT2D eigenvalue weighted by molar-refractivity contribution is 0.00695. The first-order valence-corrected chi connectivity index (χ1v) is 6.34. The summed E-state index contributed by atoms with van der Waals surface area (Å²) in [4.78, 5) is 36.4. The predicted octanol–water partition coefficient (Wildman–Crippen LogP) is 2.04. The first kappa shape index (κ1) is 16.7. The smallest absolute Gasteiger partial charge is 0.338 e. The maximum atomic E-state index is 12.0. The third-order valence-corrected chi connectivity index (χ3v) is 2.47. The molecule has 0 aliphatic carbocycles. The fourth-order valence-electron chi connectivity index (χ4n) is 1.59. The van der Waals surface area contributed by atoms with Crippen molar-refractivity contribution in [3.63, 3.8) is 0 Å². The van der Waals surface area contributed by atoms with Crippen molar-refractivity contribution in [3.8, 4) is 0 Å². The molecule has 0 radical (unpaired) electrons. The van der Waals surface area contributed by atoms with Crippen molar-refractivity contribution in [2.75, 3.05) is 14.1 Å². The summed E-state index contributed by atoms with van der Waals surface area (Å²) in [5.41, 5.74) is -0.679. The molecule has 1 rings (SSSR count). The van der Waals surface area contributed by atoms with Crippen LogP contribution in [0.25, 0.3) is 0 Å². The van der Waals surface area contributed by atoms with Gasteiger partial charge in [-0.1, -0.05) is 0 Å². The van der Waals surface area contributed by atoms with Crippen LogP contribution in [-0.2, 0) is 4.74 Å². The standard InChI is InChI=1S/C15H19NO5/c1-15(2,3)21-14(20)11-7-9(12(17)16(4)5)6-10(8-11)13(18)19/h6-8H,1-5H3,(H,18,19). The van der Waals surface area contributed by atoms with Gasteiger partial charge in [-0.2, -0.15) is 0 Å². The highest BCUT2D eigenvalue weighted by atomic mass is 16.6. The molecule has 1 aromatic rings. The zero-order valence-corrected chi connectivity index (χ0v) is 12.8. The van der Waals surface area contributed by atoms with Crippen molar-refractivity contribution in [2.24, 2.45) is 0 Å². The highest BCUT2D eigenvalue weighted by Crippen LogP contribution is 2.17. The Hall–Kier alpha value is -2.37. The molecule has 0 fully saturated rings. The number of nitrogens with zero attached hydrogens (tertiary/aromatic N) is 1. The number of esters is 1. The second-order valence-corrected chi connectivity index (χ2v) is 5.81. The number of carboxylic acids is 1. The molecule has 0 saturated carbocycles. The lowest BCUT2D eigenvalue weighted by Gasteiger charge is -2.20. The lowest BCUT2D eigenvalue weighted by atomic mass is 10.0. The van der Waals surface area contributed by atoms with Gasteiger partial charge in [0.05, 0.1) is 11.1 Å². The van der Waals surface area contributed by atoms with E-state index in [2.05, 4.69) is 0 Å².